The molecule has 0 bridgehead atoms. The molecule has 0 N–H and O–H groups in total. The van der Waals surface area contributed by atoms with Crippen LogP contribution in [0.15, 0.2) is 152 Å². The van der Waals surface area contributed by atoms with Gasteiger partial charge in [-0.15, -0.1) is 0 Å². The van der Waals surface area contributed by atoms with E-state index in [1.807, 2.05) is 0 Å². The highest BCUT2D eigenvalue weighted by atomic mass is 28.3. The Labute approximate surface area is 238 Å². The molecule has 0 spiro atoms. The standard InChI is InChI=1S/C38H31NSi/c1-40(2)37-16-10-9-15-35(37)36-27-34(25-26-38(36)40)39(32-21-17-30(18-22-32)28-11-5-3-6-12-28)33-23-19-31(20-24-33)29-13-7-4-8-14-29/h3-27H,1-2H3. The molecule has 0 radical (unpaired) electrons. The molecule has 6 aromatic carbocycles. The number of anilines is 3. The zero-order chi connectivity index (χ0) is 27.1. The van der Waals surface area contributed by atoms with Crippen molar-refractivity contribution in [1.29, 1.82) is 0 Å². The maximum Gasteiger partial charge on any atom is 0.113 e. The summed E-state index contributed by atoms with van der Waals surface area (Å²) >= 11 is 0. The molecule has 0 unspecified atom stereocenters. The molecule has 0 atom stereocenters. The van der Waals surface area contributed by atoms with Gasteiger partial charge in [-0.1, -0.05) is 128 Å². The molecule has 40 heavy (non-hydrogen) atoms. The third-order valence-corrected chi connectivity index (χ3v) is 11.9. The van der Waals surface area contributed by atoms with Gasteiger partial charge in [-0.2, -0.15) is 0 Å². The van der Waals surface area contributed by atoms with Crippen molar-refractivity contribution in [1.82, 2.24) is 0 Å². The molecule has 1 aliphatic rings. The van der Waals surface area contributed by atoms with Gasteiger partial charge in [0.2, 0.25) is 0 Å². The van der Waals surface area contributed by atoms with E-state index < -0.39 is 8.07 Å². The summed E-state index contributed by atoms with van der Waals surface area (Å²) in [7, 11) is -1.71. The molecule has 6 aromatic rings. The van der Waals surface area contributed by atoms with E-state index in [0.29, 0.717) is 0 Å². The van der Waals surface area contributed by atoms with E-state index in [1.54, 1.807) is 0 Å². The molecule has 1 heterocycles. The summed E-state index contributed by atoms with van der Waals surface area (Å²) in [4.78, 5) is 2.39. The molecule has 0 amide bonds. The molecule has 0 aliphatic carbocycles. The number of fused-ring (bicyclic) bond motifs is 3. The highest BCUT2D eigenvalue weighted by molar-refractivity contribution is 7.03. The minimum absolute atomic E-state index is 1.15. The van der Waals surface area contributed by atoms with Gasteiger partial charge in [0, 0.05) is 17.1 Å². The third kappa shape index (κ3) is 4.18. The monoisotopic (exact) mass is 529 g/mol. The van der Waals surface area contributed by atoms with Gasteiger partial charge in [0.15, 0.2) is 0 Å². The van der Waals surface area contributed by atoms with Crippen LogP contribution >= 0.6 is 0 Å². The largest absolute Gasteiger partial charge is 0.310 e. The lowest BCUT2D eigenvalue weighted by Gasteiger charge is -2.27. The van der Waals surface area contributed by atoms with Gasteiger partial charge < -0.3 is 4.90 Å². The molecule has 192 valence electrons. The molecule has 7 rings (SSSR count). The Kier molecular flexibility index (Phi) is 5.99. The fourth-order valence-corrected chi connectivity index (χ4v) is 9.24. The maximum absolute atomic E-state index is 2.47. The second-order valence-electron chi connectivity index (χ2n) is 11.1. The van der Waals surface area contributed by atoms with E-state index in [2.05, 4.69) is 170 Å². The lowest BCUT2D eigenvalue weighted by atomic mass is 10.0. The molecule has 1 aliphatic heterocycles. The molecule has 0 saturated carbocycles. The van der Waals surface area contributed by atoms with Crippen molar-refractivity contribution in [3.8, 4) is 33.4 Å². The van der Waals surface area contributed by atoms with Crippen LogP contribution in [0.25, 0.3) is 33.4 Å². The highest BCUT2D eigenvalue weighted by Crippen LogP contribution is 2.39. The van der Waals surface area contributed by atoms with Gasteiger partial charge in [-0.25, -0.2) is 0 Å². The summed E-state index contributed by atoms with van der Waals surface area (Å²) < 4.78 is 0. The number of hydrogen-bond donors (Lipinski definition) is 0. The van der Waals surface area contributed by atoms with Crippen LogP contribution in [-0.2, 0) is 0 Å². The second kappa shape index (κ2) is 9.82. The van der Waals surface area contributed by atoms with Gasteiger partial charge in [-0.05, 0) is 80.2 Å². The third-order valence-electron chi connectivity index (χ3n) is 8.29. The minimum atomic E-state index is -1.71. The summed E-state index contributed by atoms with van der Waals surface area (Å²) in [5, 5.41) is 3.06. The fourth-order valence-electron chi connectivity index (χ4n) is 6.16. The van der Waals surface area contributed by atoms with Crippen LogP contribution in [0.5, 0.6) is 0 Å². The number of rotatable bonds is 5. The van der Waals surface area contributed by atoms with Gasteiger partial charge >= 0.3 is 0 Å². The van der Waals surface area contributed by atoms with Crippen LogP contribution in [0.1, 0.15) is 0 Å². The summed E-state index contributed by atoms with van der Waals surface area (Å²) in [6.45, 7) is 4.94. The van der Waals surface area contributed by atoms with Gasteiger partial charge in [-0.3, -0.25) is 0 Å². The van der Waals surface area contributed by atoms with Crippen LogP contribution in [0.4, 0.5) is 17.1 Å². The predicted molar refractivity (Wildman–Crippen MR) is 174 cm³/mol. The maximum atomic E-state index is 2.47. The summed E-state index contributed by atoms with van der Waals surface area (Å²) in [6.07, 6.45) is 0. The topological polar surface area (TPSA) is 3.24 Å². The Balaban J connectivity index is 1.35. The van der Waals surface area contributed by atoms with Crippen molar-refractivity contribution in [3.05, 3.63) is 152 Å². The van der Waals surface area contributed by atoms with E-state index in [-0.39, 0.29) is 0 Å². The van der Waals surface area contributed by atoms with E-state index >= 15 is 0 Å². The van der Waals surface area contributed by atoms with Gasteiger partial charge in [0.1, 0.15) is 8.07 Å². The average Bonchev–Trinajstić information content (AvgIpc) is 3.25. The zero-order valence-corrected chi connectivity index (χ0v) is 23.9. The Hall–Kier alpha value is -4.66. The first-order valence-electron chi connectivity index (χ1n) is 14.0. The Morgan fingerprint density at radius 1 is 0.375 bits per heavy atom. The first-order chi connectivity index (χ1) is 19.6. The first kappa shape index (κ1) is 24.4. The molecule has 0 fully saturated rings. The van der Waals surface area contributed by atoms with Crippen molar-refractivity contribution < 1.29 is 0 Å². The zero-order valence-electron chi connectivity index (χ0n) is 22.9. The number of nitrogens with zero attached hydrogens (tertiary/aromatic N) is 1. The Bertz CT molecular complexity index is 1700. The van der Waals surface area contributed by atoms with Crippen LogP contribution in [0.2, 0.25) is 13.1 Å². The molecule has 0 aromatic heterocycles. The Morgan fingerprint density at radius 3 is 1.35 bits per heavy atom. The first-order valence-corrected chi connectivity index (χ1v) is 17.0. The van der Waals surface area contributed by atoms with Crippen LogP contribution in [-0.4, -0.2) is 8.07 Å². The number of benzene rings is 6. The van der Waals surface area contributed by atoms with E-state index in [0.717, 1.165) is 11.4 Å². The molecule has 0 saturated heterocycles. The van der Waals surface area contributed by atoms with Crippen molar-refractivity contribution in [2.45, 2.75) is 13.1 Å². The summed E-state index contributed by atoms with van der Waals surface area (Å²) in [5.74, 6) is 0. The predicted octanol–water partition coefficient (Wildman–Crippen LogP) is 9.29. The molecule has 2 heteroatoms. The lowest BCUT2D eigenvalue weighted by Crippen LogP contribution is -2.49. The molecular formula is C38H31NSi. The average molecular weight is 530 g/mol. The minimum Gasteiger partial charge on any atom is -0.310 e. The molecule has 1 nitrogen and oxygen atoms in total. The van der Waals surface area contributed by atoms with E-state index in [1.165, 1.54) is 49.4 Å². The quantitative estimate of drug-likeness (QED) is 0.201. The van der Waals surface area contributed by atoms with Crippen molar-refractivity contribution in [2.75, 3.05) is 4.90 Å². The van der Waals surface area contributed by atoms with Crippen LogP contribution < -0.4 is 15.3 Å². The van der Waals surface area contributed by atoms with Crippen LogP contribution in [0.3, 0.4) is 0 Å². The normalized spacial score (nSPS) is 12.9. The lowest BCUT2D eigenvalue weighted by molar-refractivity contribution is 1.29. The van der Waals surface area contributed by atoms with Gasteiger partial charge in [0.05, 0.1) is 0 Å². The van der Waals surface area contributed by atoms with Gasteiger partial charge in [0.25, 0.3) is 0 Å². The summed E-state index contributed by atoms with van der Waals surface area (Å²) in [6, 6.07) is 55.2. The van der Waals surface area contributed by atoms with Crippen molar-refractivity contribution in [2.24, 2.45) is 0 Å². The highest BCUT2D eigenvalue weighted by Gasteiger charge is 2.37. The number of hydrogen-bond acceptors (Lipinski definition) is 1. The SMILES string of the molecule is C[Si]1(C)c2ccccc2-c2cc(N(c3ccc(-c4ccccc4)cc3)c3ccc(-c4ccccc4)cc3)ccc21. The second-order valence-corrected chi connectivity index (χ2v) is 15.4. The van der Waals surface area contributed by atoms with Crippen molar-refractivity contribution in [3.63, 3.8) is 0 Å². The fraction of sp³-hybridized carbons (Fsp3) is 0.0526. The van der Waals surface area contributed by atoms with E-state index in [9.17, 15) is 0 Å². The smallest absolute Gasteiger partial charge is 0.113 e. The van der Waals surface area contributed by atoms with Crippen LogP contribution in [0, 0.1) is 0 Å². The Morgan fingerprint density at radius 2 is 0.800 bits per heavy atom. The van der Waals surface area contributed by atoms with E-state index in [4.69, 9.17) is 0 Å². The summed E-state index contributed by atoms with van der Waals surface area (Å²) in [5.41, 5.74) is 11.2. The van der Waals surface area contributed by atoms with Crippen molar-refractivity contribution >= 4 is 35.5 Å². The molecular weight excluding hydrogens is 499 g/mol.